The van der Waals surface area contributed by atoms with Crippen molar-refractivity contribution in [3.8, 4) is 0 Å². The predicted molar refractivity (Wildman–Crippen MR) is 110 cm³/mol. The van der Waals surface area contributed by atoms with Gasteiger partial charge >= 0.3 is 0 Å². The largest absolute Gasteiger partial charge is 0.378 e. The van der Waals surface area contributed by atoms with Crippen LogP contribution in [0, 0.1) is 6.92 Å². The van der Waals surface area contributed by atoms with Gasteiger partial charge in [-0.2, -0.15) is 23.4 Å². The molecule has 1 aromatic heterocycles. The first kappa shape index (κ1) is 19.8. The van der Waals surface area contributed by atoms with E-state index in [2.05, 4.69) is 20.3 Å². The Balaban J connectivity index is 1.81. The summed E-state index contributed by atoms with van der Waals surface area (Å²) in [5, 5.41) is 4.06. The minimum atomic E-state index is -4.44. The van der Waals surface area contributed by atoms with Gasteiger partial charge in [0.15, 0.2) is 0 Å². The number of ether oxygens (including phenoxy) is 1. The zero-order valence-electron chi connectivity index (χ0n) is 15.5. The molecule has 0 atom stereocenters. The van der Waals surface area contributed by atoms with Crippen LogP contribution in [0.25, 0.3) is 10.8 Å². The number of morpholine rings is 1. The van der Waals surface area contributed by atoms with E-state index >= 15 is 0 Å². The molecule has 152 valence electrons. The van der Waals surface area contributed by atoms with E-state index < -0.39 is 10.1 Å². The van der Waals surface area contributed by atoms with Gasteiger partial charge in [-0.3, -0.25) is 4.55 Å². The Morgan fingerprint density at radius 1 is 1.14 bits per heavy atom. The van der Waals surface area contributed by atoms with Gasteiger partial charge < -0.3 is 15.0 Å². The van der Waals surface area contributed by atoms with Gasteiger partial charge in [-0.1, -0.05) is 18.2 Å². The molecule has 2 aromatic carbocycles. The molecular weight excluding hydrogens is 418 g/mol. The van der Waals surface area contributed by atoms with Crippen LogP contribution in [0.4, 0.5) is 17.6 Å². The van der Waals surface area contributed by atoms with Gasteiger partial charge in [0.2, 0.25) is 17.2 Å². The topological polar surface area (TPSA) is 118 Å². The first-order valence-electron chi connectivity index (χ1n) is 8.84. The van der Waals surface area contributed by atoms with E-state index in [1.54, 1.807) is 18.2 Å². The second-order valence-electron chi connectivity index (χ2n) is 6.54. The Morgan fingerprint density at radius 3 is 2.62 bits per heavy atom. The Morgan fingerprint density at radius 2 is 1.90 bits per heavy atom. The summed E-state index contributed by atoms with van der Waals surface area (Å²) in [5.41, 5.74) is 1.28. The second kappa shape index (κ2) is 7.71. The summed E-state index contributed by atoms with van der Waals surface area (Å²) in [6.45, 7) is 4.23. The molecule has 2 N–H and O–H groups in total. The van der Waals surface area contributed by atoms with Crippen molar-refractivity contribution < 1.29 is 17.7 Å². The van der Waals surface area contributed by atoms with E-state index in [0.717, 1.165) is 5.56 Å². The first-order valence-corrected chi connectivity index (χ1v) is 10.7. The number of aryl methyl sites for hydroxylation is 1. The van der Waals surface area contributed by atoms with Gasteiger partial charge in [-0.05, 0) is 41.6 Å². The third-order valence-electron chi connectivity index (χ3n) is 4.64. The molecule has 9 nitrogen and oxygen atoms in total. The molecule has 0 radical (unpaired) electrons. The van der Waals surface area contributed by atoms with Crippen molar-refractivity contribution in [2.24, 2.45) is 0 Å². The fourth-order valence-corrected chi connectivity index (χ4v) is 4.14. The SMILES string of the molecule is Cc1ccc(Nc2nc(Cl)nc(N3CCOCC3)n2)c2c(S(=O)(=O)O)cccc12. The molecule has 2 heterocycles. The highest BCUT2D eigenvalue weighted by Gasteiger charge is 2.20. The number of fused-ring (bicyclic) bond motifs is 1. The highest BCUT2D eigenvalue weighted by molar-refractivity contribution is 7.86. The minimum absolute atomic E-state index is 0.00964. The molecule has 0 spiro atoms. The zero-order chi connectivity index (χ0) is 20.6. The summed E-state index contributed by atoms with van der Waals surface area (Å²) in [6, 6.07) is 8.26. The van der Waals surface area contributed by atoms with E-state index in [1.165, 1.54) is 6.07 Å². The van der Waals surface area contributed by atoms with Crippen LogP contribution >= 0.6 is 11.6 Å². The average molecular weight is 436 g/mol. The van der Waals surface area contributed by atoms with E-state index in [-0.39, 0.29) is 16.1 Å². The maximum absolute atomic E-state index is 11.9. The maximum Gasteiger partial charge on any atom is 0.295 e. The number of hydrogen-bond donors (Lipinski definition) is 2. The Labute approximate surface area is 172 Å². The summed E-state index contributed by atoms with van der Waals surface area (Å²) >= 11 is 6.09. The maximum atomic E-state index is 11.9. The lowest BCUT2D eigenvalue weighted by molar-refractivity contribution is 0.122. The summed E-state index contributed by atoms with van der Waals surface area (Å²) in [5.74, 6) is 0.573. The van der Waals surface area contributed by atoms with Crippen LogP contribution in [-0.2, 0) is 14.9 Å². The van der Waals surface area contributed by atoms with Crippen LogP contribution in [0.5, 0.6) is 0 Å². The molecule has 1 aliphatic heterocycles. The van der Waals surface area contributed by atoms with Crippen LogP contribution in [0.3, 0.4) is 0 Å². The average Bonchev–Trinajstić information content (AvgIpc) is 2.69. The Hall–Kier alpha value is -2.53. The summed E-state index contributed by atoms with van der Waals surface area (Å²) in [6.07, 6.45) is 0. The standard InChI is InChI=1S/C18H18ClN5O4S/c1-11-5-6-13(15-12(11)3-2-4-14(15)29(25,26)27)20-17-21-16(19)22-18(23-17)24-7-9-28-10-8-24/h2-6H,7-10H2,1H3,(H,25,26,27)(H,20,21,22,23). The molecular formula is C18H18ClN5O4S. The van der Waals surface area contributed by atoms with Crippen LogP contribution in [0.15, 0.2) is 35.2 Å². The van der Waals surface area contributed by atoms with Gasteiger partial charge in [-0.15, -0.1) is 0 Å². The van der Waals surface area contributed by atoms with Gasteiger partial charge in [0.1, 0.15) is 4.90 Å². The predicted octanol–water partition coefficient (Wildman–Crippen LogP) is 2.81. The summed E-state index contributed by atoms with van der Waals surface area (Å²) < 4.78 is 38.9. The van der Waals surface area contributed by atoms with E-state index in [0.29, 0.717) is 48.7 Å². The van der Waals surface area contributed by atoms with E-state index in [9.17, 15) is 13.0 Å². The Bertz CT molecular complexity index is 1180. The quantitative estimate of drug-likeness (QED) is 0.596. The van der Waals surface area contributed by atoms with Gasteiger partial charge in [-0.25, -0.2) is 0 Å². The van der Waals surface area contributed by atoms with Crippen molar-refractivity contribution in [1.29, 1.82) is 0 Å². The highest BCUT2D eigenvalue weighted by Crippen LogP contribution is 2.33. The van der Waals surface area contributed by atoms with E-state index in [4.69, 9.17) is 16.3 Å². The number of benzene rings is 2. The van der Waals surface area contributed by atoms with Crippen molar-refractivity contribution in [2.75, 3.05) is 36.5 Å². The van der Waals surface area contributed by atoms with Crippen molar-refractivity contribution in [2.45, 2.75) is 11.8 Å². The van der Waals surface area contributed by atoms with Crippen LogP contribution in [-0.4, -0.2) is 54.2 Å². The number of aromatic nitrogens is 3. The van der Waals surface area contributed by atoms with Crippen LogP contribution < -0.4 is 10.2 Å². The molecule has 11 heteroatoms. The summed E-state index contributed by atoms with van der Waals surface area (Å²) in [4.78, 5) is 14.4. The number of halogens is 1. The number of nitrogens with zero attached hydrogens (tertiary/aromatic N) is 4. The molecule has 4 rings (SSSR count). The van der Waals surface area contributed by atoms with Crippen molar-refractivity contribution in [3.05, 3.63) is 41.2 Å². The molecule has 29 heavy (non-hydrogen) atoms. The number of hydrogen-bond acceptors (Lipinski definition) is 8. The first-order chi connectivity index (χ1) is 13.8. The smallest absolute Gasteiger partial charge is 0.295 e. The molecule has 0 aliphatic carbocycles. The molecule has 0 bridgehead atoms. The van der Waals surface area contributed by atoms with Crippen LogP contribution in [0.1, 0.15) is 5.56 Å². The molecule has 1 fully saturated rings. The molecule has 0 saturated carbocycles. The van der Waals surface area contributed by atoms with Gasteiger partial charge in [0.25, 0.3) is 10.1 Å². The molecule has 1 aliphatic rings. The van der Waals surface area contributed by atoms with Crippen molar-refractivity contribution in [3.63, 3.8) is 0 Å². The molecule has 0 unspecified atom stereocenters. The van der Waals surface area contributed by atoms with Gasteiger partial charge in [0, 0.05) is 18.5 Å². The fraction of sp³-hybridized carbons (Fsp3) is 0.278. The third-order valence-corrected chi connectivity index (χ3v) is 5.70. The third kappa shape index (κ3) is 4.10. The van der Waals surface area contributed by atoms with Crippen molar-refractivity contribution >= 4 is 50.1 Å². The molecule has 3 aromatic rings. The molecule has 0 amide bonds. The zero-order valence-corrected chi connectivity index (χ0v) is 17.0. The lowest BCUT2D eigenvalue weighted by Crippen LogP contribution is -2.37. The normalized spacial score (nSPS) is 14.9. The molecule has 1 saturated heterocycles. The number of nitrogens with one attached hydrogen (secondary N) is 1. The van der Waals surface area contributed by atoms with Gasteiger partial charge in [0.05, 0.1) is 18.9 Å². The van der Waals surface area contributed by atoms with E-state index in [1.807, 2.05) is 17.9 Å². The second-order valence-corrected chi connectivity index (χ2v) is 8.26. The highest BCUT2D eigenvalue weighted by atomic mass is 35.5. The van der Waals surface area contributed by atoms with Crippen LogP contribution in [0.2, 0.25) is 5.28 Å². The lowest BCUT2D eigenvalue weighted by Gasteiger charge is -2.26. The van der Waals surface area contributed by atoms with Crippen molar-refractivity contribution in [1.82, 2.24) is 15.0 Å². The number of anilines is 3. The summed E-state index contributed by atoms with van der Waals surface area (Å²) in [7, 11) is -4.44. The monoisotopic (exact) mass is 435 g/mol. The Kier molecular flexibility index (Phi) is 5.26. The number of rotatable bonds is 4. The fourth-order valence-electron chi connectivity index (χ4n) is 3.26. The minimum Gasteiger partial charge on any atom is -0.378 e. The lowest BCUT2D eigenvalue weighted by atomic mass is 10.0.